The molecule has 1 saturated heterocycles. The fourth-order valence-corrected chi connectivity index (χ4v) is 2.12. The van der Waals surface area contributed by atoms with Crippen LogP contribution in [0.15, 0.2) is 0 Å². The highest BCUT2D eigenvalue weighted by Gasteiger charge is 2.43. The number of carboxylic acids is 1. The molecule has 6 atom stereocenters. The van der Waals surface area contributed by atoms with E-state index in [1.54, 1.807) is 0 Å². The molecule has 1 heterocycles. The number of ether oxygens (including phenoxy) is 1. The van der Waals surface area contributed by atoms with Gasteiger partial charge in [-0.25, -0.2) is 0 Å². The number of rotatable bonds is 7. The van der Waals surface area contributed by atoms with Gasteiger partial charge >= 0.3 is 5.97 Å². The fourth-order valence-electron chi connectivity index (χ4n) is 2.12. The summed E-state index contributed by atoms with van der Waals surface area (Å²) >= 11 is 0. The average molecular weight is 367 g/mol. The van der Waals surface area contributed by atoms with Gasteiger partial charge in [-0.05, 0) is 19.4 Å². The van der Waals surface area contributed by atoms with Crippen LogP contribution in [0.1, 0.15) is 26.2 Å². The lowest BCUT2D eigenvalue weighted by atomic mass is 9.97. The zero-order valence-electron chi connectivity index (χ0n) is 14.1. The molecule has 10 N–H and O–H groups in total. The highest BCUT2D eigenvalue weighted by Crippen LogP contribution is 2.19. The Morgan fingerprint density at radius 1 is 1.20 bits per heavy atom. The standard InChI is InChI=1S/C8H15NO6.C6H14N2O2/c1-3(11)9-5-7(13)6(12)4(2-10)15-8(5)14;7-4-2-1-3-5(8)6(9)10/h4-8,10,12-14H,2H2,1H3,(H,9,11);5H,1-4,7-8H2,(H,9,10)/t4-,5-,6-,7-,8?;/m1./s1. The van der Waals surface area contributed by atoms with Crippen LogP contribution in [0.2, 0.25) is 0 Å². The Hall–Kier alpha value is -1.34. The van der Waals surface area contributed by atoms with Gasteiger partial charge in [-0.15, -0.1) is 0 Å². The maximum atomic E-state index is 10.7. The molecule has 2 unspecified atom stereocenters. The van der Waals surface area contributed by atoms with Gasteiger partial charge < -0.3 is 47.1 Å². The van der Waals surface area contributed by atoms with Crippen molar-refractivity contribution in [1.29, 1.82) is 0 Å². The van der Waals surface area contributed by atoms with Crippen molar-refractivity contribution in [3.63, 3.8) is 0 Å². The summed E-state index contributed by atoms with van der Waals surface area (Å²) in [4.78, 5) is 20.9. The SMILES string of the molecule is CC(=O)N[C@H]1C(O)O[C@H](CO)[C@@H](O)[C@@H]1O.NCCCCC(N)C(=O)O. The summed E-state index contributed by atoms with van der Waals surface area (Å²) in [6.45, 7) is 1.29. The number of hydrogen-bond acceptors (Lipinski definition) is 9. The number of unbranched alkanes of at least 4 members (excludes halogenated alkanes) is 1. The van der Waals surface area contributed by atoms with E-state index in [0.717, 1.165) is 12.8 Å². The van der Waals surface area contributed by atoms with Gasteiger partial charge in [0.15, 0.2) is 6.29 Å². The van der Waals surface area contributed by atoms with E-state index in [1.807, 2.05) is 0 Å². The topological polar surface area (TPSA) is 209 Å². The molecule has 0 aromatic carbocycles. The number of nitrogens with two attached hydrogens (primary N) is 2. The zero-order chi connectivity index (χ0) is 19.6. The highest BCUT2D eigenvalue weighted by atomic mass is 16.6. The van der Waals surface area contributed by atoms with Crippen molar-refractivity contribution in [2.45, 2.75) is 62.9 Å². The quantitative estimate of drug-likeness (QED) is 0.208. The second-order valence-electron chi connectivity index (χ2n) is 5.68. The van der Waals surface area contributed by atoms with Crippen LogP contribution in [0.4, 0.5) is 0 Å². The minimum absolute atomic E-state index is 0.462. The van der Waals surface area contributed by atoms with E-state index in [0.29, 0.717) is 13.0 Å². The van der Waals surface area contributed by atoms with Gasteiger partial charge in [0.2, 0.25) is 5.91 Å². The van der Waals surface area contributed by atoms with Crippen LogP contribution in [0.25, 0.3) is 0 Å². The molecule has 1 aliphatic rings. The Kier molecular flexibility index (Phi) is 11.4. The number of aliphatic carboxylic acids is 1. The van der Waals surface area contributed by atoms with Gasteiger partial charge in [0.1, 0.15) is 30.4 Å². The molecular weight excluding hydrogens is 338 g/mol. The maximum Gasteiger partial charge on any atom is 0.320 e. The molecule has 0 radical (unpaired) electrons. The van der Waals surface area contributed by atoms with Crippen molar-refractivity contribution in [2.24, 2.45) is 11.5 Å². The molecule has 148 valence electrons. The lowest BCUT2D eigenvalue weighted by Gasteiger charge is -2.40. The van der Waals surface area contributed by atoms with Crippen molar-refractivity contribution in [3.05, 3.63) is 0 Å². The van der Waals surface area contributed by atoms with E-state index in [-0.39, 0.29) is 0 Å². The van der Waals surface area contributed by atoms with Crippen LogP contribution in [-0.2, 0) is 14.3 Å². The van der Waals surface area contributed by atoms with Crippen LogP contribution in [-0.4, -0.2) is 87.2 Å². The molecule has 0 saturated carbocycles. The summed E-state index contributed by atoms with van der Waals surface area (Å²) in [5.74, 6) is -1.40. The Balaban J connectivity index is 0.000000504. The molecule has 25 heavy (non-hydrogen) atoms. The van der Waals surface area contributed by atoms with Crippen LogP contribution in [0.3, 0.4) is 0 Å². The summed E-state index contributed by atoms with van der Waals surface area (Å²) in [5.41, 5.74) is 10.4. The monoisotopic (exact) mass is 367 g/mol. The predicted molar refractivity (Wildman–Crippen MR) is 86.1 cm³/mol. The molecule has 0 aromatic rings. The Bertz CT molecular complexity index is 412. The van der Waals surface area contributed by atoms with E-state index < -0.39 is 55.2 Å². The number of carbonyl (C=O) groups excluding carboxylic acids is 1. The van der Waals surface area contributed by atoms with Crippen molar-refractivity contribution in [3.8, 4) is 0 Å². The zero-order valence-corrected chi connectivity index (χ0v) is 14.1. The predicted octanol–water partition coefficient (Wildman–Crippen LogP) is -3.55. The second-order valence-corrected chi connectivity index (χ2v) is 5.68. The molecule has 1 fully saturated rings. The minimum Gasteiger partial charge on any atom is -0.480 e. The normalized spacial score (nSPS) is 30.0. The Morgan fingerprint density at radius 2 is 1.80 bits per heavy atom. The van der Waals surface area contributed by atoms with Crippen molar-refractivity contribution < 1.29 is 39.9 Å². The van der Waals surface area contributed by atoms with E-state index in [2.05, 4.69) is 5.32 Å². The van der Waals surface area contributed by atoms with Crippen molar-refractivity contribution >= 4 is 11.9 Å². The van der Waals surface area contributed by atoms with Crippen molar-refractivity contribution in [1.82, 2.24) is 5.32 Å². The number of amides is 1. The molecule has 0 bridgehead atoms. The first kappa shape index (κ1) is 23.7. The first-order chi connectivity index (χ1) is 11.6. The molecule has 1 rings (SSSR count). The molecule has 11 nitrogen and oxygen atoms in total. The van der Waals surface area contributed by atoms with Crippen LogP contribution < -0.4 is 16.8 Å². The van der Waals surface area contributed by atoms with E-state index in [4.69, 9.17) is 26.4 Å². The van der Waals surface area contributed by atoms with E-state index in [9.17, 15) is 24.9 Å². The summed E-state index contributed by atoms with van der Waals surface area (Å²) in [6.07, 6.45) is -3.08. The molecule has 1 amide bonds. The third-order valence-corrected chi connectivity index (χ3v) is 3.56. The van der Waals surface area contributed by atoms with E-state index in [1.165, 1.54) is 6.92 Å². The third kappa shape index (κ3) is 8.54. The van der Waals surface area contributed by atoms with Gasteiger partial charge in [-0.3, -0.25) is 9.59 Å². The van der Waals surface area contributed by atoms with E-state index >= 15 is 0 Å². The number of aliphatic hydroxyl groups is 4. The molecule has 0 aromatic heterocycles. The smallest absolute Gasteiger partial charge is 0.320 e. The summed E-state index contributed by atoms with van der Waals surface area (Å²) in [6, 6.07) is -1.81. The largest absolute Gasteiger partial charge is 0.480 e. The minimum atomic E-state index is -1.45. The number of hydrogen-bond donors (Lipinski definition) is 8. The molecule has 0 spiro atoms. The van der Waals surface area contributed by atoms with Crippen LogP contribution in [0.5, 0.6) is 0 Å². The number of carbonyl (C=O) groups is 2. The molecular formula is C14H29N3O8. The third-order valence-electron chi connectivity index (χ3n) is 3.56. The Labute approximate surface area is 145 Å². The van der Waals surface area contributed by atoms with Gasteiger partial charge in [0.25, 0.3) is 0 Å². The lowest BCUT2D eigenvalue weighted by Crippen LogP contribution is -2.63. The van der Waals surface area contributed by atoms with Crippen LogP contribution >= 0.6 is 0 Å². The average Bonchev–Trinajstić information content (AvgIpc) is 2.55. The van der Waals surface area contributed by atoms with Gasteiger partial charge in [0, 0.05) is 6.92 Å². The van der Waals surface area contributed by atoms with Crippen LogP contribution in [0, 0.1) is 0 Å². The van der Waals surface area contributed by atoms with Gasteiger partial charge in [-0.2, -0.15) is 0 Å². The molecule has 0 aliphatic carbocycles. The summed E-state index contributed by atoms with van der Waals surface area (Å²) < 4.78 is 4.81. The number of carboxylic acid groups (broad SMARTS) is 1. The first-order valence-corrected chi connectivity index (χ1v) is 7.91. The molecule has 11 heteroatoms. The second kappa shape index (κ2) is 12.1. The fraction of sp³-hybridized carbons (Fsp3) is 0.857. The van der Waals surface area contributed by atoms with Crippen molar-refractivity contribution in [2.75, 3.05) is 13.2 Å². The maximum absolute atomic E-state index is 10.7. The Morgan fingerprint density at radius 3 is 2.24 bits per heavy atom. The highest BCUT2D eigenvalue weighted by molar-refractivity contribution is 5.73. The van der Waals surface area contributed by atoms with Gasteiger partial charge in [-0.1, -0.05) is 6.42 Å². The number of aliphatic hydroxyl groups excluding tert-OH is 4. The lowest BCUT2D eigenvalue weighted by molar-refractivity contribution is -0.253. The number of nitrogens with one attached hydrogen (secondary N) is 1. The van der Waals surface area contributed by atoms with Gasteiger partial charge in [0.05, 0.1) is 6.61 Å². The first-order valence-electron chi connectivity index (χ1n) is 7.91. The molecule has 1 aliphatic heterocycles. The summed E-state index contributed by atoms with van der Waals surface area (Å²) in [7, 11) is 0. The summed E-state index contributed by atoms with van der Waals surface area (Å²) in [5, 5.41) is 47.7.